The molecule has 8 nitrogen and oxygen atoms in total. The van der Waals surface area contributed by atoms with Gasteiger partial charge in [0.2, 0.25) is 21.8 Å². The van der Waals surface area contributed by atoms with Crippen LogP contribution in [0.25, 0.3) is 0 Å². The van der Waals surface area contributed by atoms with Gasteiger partial charge >= 0.3 is 0 Å². The minimum absolute atomic E-state index is 0.0905. The number of nitrogens with one attached hydrogen (secondary N) is 1. The molecular weight excluding hydrogens is 526 g/mol. The molecule has 0 bridgehead atoms. The number of likely N-dealkylation sites (N-methyl/N-ethyl adjacent to an activating group) is 1. The molecule has 1 atom stereocenters. The van der Waals surface area contributed by atoms with Gasteiger partial charge in [0.1, 0.15) is 11.8 Å². The van der Waals surface area contributed by atoms with Crippen molar-refractivity contribution in [1.29, 1.82) is 0 Å². The van der Waals surface area contributed by atoms with E-state index in [1.54, 1.807) is 37.4 Å². The van der Waals surface area contributed by atoms with Crippen LogP contribution in [0.4, 0.5) is 0 Å². The number of benzene rings is 3. The number of nitrogens with zero attached hydrogens (tertiary/aromatic N) is 2. The van der Waals surface area contributed by atoms with Gasteiger partial charge < -0.3 is 15.0 Å². The fourth-order valence-corrected chi connectivity index (χ4v) is 4.36. The van der Waals surface area contributed by atoms with Crippen molar-refractivity contribution in [3.63, 3.8) is 0 Å². The predicted molar refractivity (Wildman–Crippen MR) is 148 cm³/mol. The maximum Gasteiger partial charge on any atom is 0.243 e. The molecule has 10 heteroatoms. The van der Waals surface area contributed by atoms with E-state index < -0.39 is 28.5 Å². The van der Waals surface area contributed by atoms with E-state index in [1.165, 1.54) is 11.9 Å². The number of rotatable bonds is 12. The molecule has 0 fully saturated rings. The highest BCUT2D eigenvalue weighted by atomic mass is 35.5. The van der Waals surface area contributed by atoms with Crippen LogP contribution in [0.15, 0.2) is 78.9 Å². The van der Waals surface area contributed by atoms with Crippen LogP contribution in [-0.2, 0) is 39.1 Å². The molecule has 202 valence electrons. The van der Waals surface area contributed by atoms with E-state index in [2.05, 4.69) is 5.32 Å². The number of halogens is 1. The summed E-state index contributed by atoms with van der Waals surface area (Å²) in [4.78, 5) is 28.7. The zero-order valence-electron chi connectivity index (χ0n) is 21.6. The van der Waals surface area contributed by atoms with E-state index in [-0.39, 0.29) is 25.4 Å². The number of para-hydroxylation sites is 1. The van der Waals surface area contributed by atoms with Gasteiger partial charge in [0.05, 0.1) is 19.9 Å². The topological polar surface area (TPSA) is 96.0 Å². The van der Waals surface area contributed by atoms with E-state index >= 15 is 0 Å². The standard InChI is InChI=1S/C28H32ClN3O5S/c1-31(38(3,35)36)20-27(33)32(19-22-13-15-24(29)16-14-22)25(17-21-9-5-4-6-10-21)28(34)30-18-23-11-7-8-12-26(23)37-2/h4-16,25H,17-20H2,1-3H3,(H,30,34)/t25-/m0/s1. The third kappa shape index (κ3) is 8.31. The first-order valence-electron chi connectivity index (χ1n) is 12.0. The van der Waals surface area contributed by atoms with Gasteiger partial charge in [-0.25, -0.2) is 8.42 Å². The number of hydrogen-bond donors (Lipinski definition) is 1. The van der Waals surface area contributed by atoms with Crippen molar-refractivity contribution in [2.75, 3.05) is 27.0 Å². The van der Waals surface area contributed by atoms with Crippen molar-refractivity contribution < 1.29 is 22.7 Å². The Hall–Kier alpha value is -3.40. The van der Waals surface area contributed by atoms with Crippen LogP contribution in [0.5, 0.6) is 5.75 Å². The summed E-state index contributed by atoms with van der Waals surface area (Å²) in [7, 11) is -0.721. The van der Waals surface area contributed by atoms with Crippen LogP contribution in [-0.4, -0.2) is 62.4 Å². The molecular formula is C28H32ClN3O5S. The lowest BCUT2D eigenvalue weighted by Crippen LogP contribution is -2.52. The highest BCUT2D eigenvalue weighted by molar-refractivity contribution is 7.88. The summed E-state index contributed by atoms with van der Waals surface area (Å²) in [6.07, 6.45) is 1.27. The molecule has 1 N–H and O–H groups in total. The molecule has 3 aromatic rings. The average molecular weight is 558 g/mol. The van der Waals surface area contributed by atoms with Gasteiger partial charge in [-0.1, -0.05) is 72.3 Å². The molecule has 3 rings (SSSR count). The summed E-state index contributed by atoms with van der Waals surface area (Å²) in [5, 5.41) is 3.48. The number of methoxy groups -OCH3 is 1. The number of hydrogen-bond acceptors (Lipinski definition) is 5. The second-order valence-electron chi connectivity index (χ2n) is 8.90. The first-order valence-corrected chi connectivity index (χ1v) is 14.2. The summed E-state index contributed by atoms with van der Waals surface area (Å²) < 4.78 is 30.5. The minimum Gasteiger partial charge on any atom is -0.496 e. The molecule has 0 saturated heterocycles. The van der Waals surface area contributed by atoms with Crippen LogP contribution < -0.4 is 10.1 Å². The lowest BCUT2D eigenvalue weighted by atomic mass is 10.0. The summed E-state index contributed by atoms with van der Waals surface area (Å²) in [6.45, 7) is -0.120. The van der Waals surface area contributed by atoms with Crippen LogP contribution >= 0.6 is 11.6 Å². The first kappa shape index (κ1) is 29.2. The molecule has 0 spiro atoms. The maximum absolute atomic E-state index is 13.7. The van der Waals surface area contributed by atoms with E-state index in [4.69, 9.17) is 16.3 Å². The van der Waals surface area contributed by atoms with Gasteiger partial charge in [-0.05, 0) is 29.3 Å². The van der Waals surface area contributed by atoms with Gasteiger partial charge in [0.25, 0.3) is 0 Å². The smallest absolute Gasteiger partial charge is 0.243 e. The Morgan fingerprint density at radius 3 is 2.21 bits per heavy atom. The largest absolute Gasteiger partial charge is 0.496 e. The highest BCUT2D eigenvalue weighted by Gasteiger charge is 2.32. The molecule has 0 aromatic heterocycles. The zero-order chi connectivity index (χ0) is 27.7. The lowest BCUT2D eigenvalue weighted by Gasteiger charge is -2.32. The number of sulfonamides is 1. The van der Waals surface area contributed by atoms with Gasteiger partial charge in [0.15, 0.2) is 0 Å². The fourth-order valence-electron chi connectivity index (χ4n) is 3.89. The van der Waals surface area contributed by atoms with Crippen molar-refractivity contribution in [3.05, 3.63) is 101 Å². The maximum atomic E-state index is 13.7. The van der Waals surface area contributed by atoms with E-state index in [1.807, 2.05) is 48.5 Å². The Kier molecular flexibility index (Phi) is 10.3. The predicted octanol–water partition coefficient (Wildman–Crippen LogP) is 3.50. The van der Waals surface area contributed by atoms with E-state index in [9.17, 15) is 18.0 Å². The Labute approximate surface area is 229 Å². The molecule has 0 aliphatic carbocycles. The van der Waals surface area contributed by atoms with Crippen LogP contribution in [0.3, 0.4) is 0 Å². The fraction of sp³-hybridized carbons (Fsp3) is 0.286. The Morgan fingerprint density at radius 1 is 0.947 bits per heavy atom. The van der Waals surface area contributed by atoms with Crippen LogP contribution in [0.2, 0.25) is 5.02 Å². The molecule has 2 amide bonds. The van der Waals surface area contributed by atoms with Crippen molar-refractivity contribution in [3.8, 4) is 5.75 Å². The molecule has 38 heavy (non-hydrogen) atoms. The molecule has 0 radical (unpaired) electrons. The van der Waals surface area contributed by atoms with Crippen molar-refractivity contribution in [2.45, 2.75) is 25.6 Å². The van der Waals surface area contributed by atoms with Gasteiger partial charge in [-0.15, -0.1) is 0 Å². The van der Waals surface area contributed by atoms with Crippen molar-refractivity contribution in [2.24, 2.45) is 0 Å². The lowest BCUT2D eigenvalue weighted by molar-refractivity contribution is -0.141. The average Bonchev–Trinajstić information content (AvgIpc) is 2.90. The highest BCUT2D eigenvalue weighted by Crippen LogP contribution is 2.19. The number of carbonyl (C=O) groups excluding carboxylic acids is 2. The Balaban J connectivity index is 1.96. The third-order valence-corrected chi connectivity index (χ3v) is 7.62. The summed E-state index contributed by atoms with van der Waals surface area (Å²) in [5.74, 6) is -0.235. The van der Waals surface area contributed by atoms with E-state index in [0.717, 1.165) is 27.3 Å². The normalized spacial score (nSPS) is 12.1. The second-order valence-corrected chi connectivity index (χ2v) is 11.4. The number of ether oxygens (including phenoxy) is 1. The molecule has 0 aliphatic heterocycles. The molecule has 0 saturated carbocycles. The van der Waals surface area contributed by atoms with E-state index in [0.29, 0.717) is 10.8 Å². The van der Waals surface area contributed by atoms with Crippen molar-refractivity contribution in [1.82, 2.24) is 14.5 Å². The molecule has 0 aliphatic rings. The minimum atomic E-state index is -3.61. The Morgan fingerprint density at radius 2 is 1.58 bits per heavy atom. The Bertz CT molecular complexity index is 1330. The van der Waals surface area contributed by atoms with Crippen molar-refractivity contribution >= 4 is 33.4 Å². The zero-order valence-corrected chi connectivity index (χ0v) is 23.2. The van der Waals surface area contributed by atoms with Gasteiger partial charge in [-0.3, -0.25) is 9.59 Å². The SMILES string of the molecule is COc1ccccc1CNC(=O)[C@H](Cc1ccccc1)N(Cc1ccc(Cl)cc1)C(=O)CN(C)S(C)(=O)=O. The molecule has 0 heterocycles. The number of amides is 2. The van der Waals surface area contributed by atoms with Gasteiger partial charge in [-0.2, -0.15) is 4.31 Å². The van der Waals surface area contributed by atoms with Gasteiger partial charge in [0, 0.05) is 37.1 Å². The summed E-state index contributed by atoms with van der Waals surface area (Å²) in [6, 6.07) is 22.8. The summed E-state index contributed by atoms with van der Waals surface area (Å²) >= 11 is 6.05. The van der Waals surface area contributed by atoms with Crippen LogP contribution in [0, 0.1) is 0 Å². The van der Waals surface area contributed by atoms with Crippen LogP contribution in [0.1, 0.15) is 16.7 Å². The number of carbonyl (C=O) groups is 2. The molecule has 0 unspecified atom stereocenters. The molecule has 3 aromatic carbocycles. The first-order chi connectivity index (χ1) is 18.1. The quantitative estimate of drug-likeness (QED) is 0.368. The summed E-state index contributed by atoms with van der Waals surface area (Å²) in [5.41, 5.74) is 2.39. The third-order valence-electron chi connectivity index (χ3n) is 6.11. The monoisotopic (exact) mass is 557 g/mol. The second kappa shape index (κ2) is 13.4.